The van der Waals surface area contributed by atoms with Gasteiger partial charge in [0.25, 0.3) is 5.97 Å². The fourth-order valence-corrected chi connectivity index (χ4v) is 3.59. The number of hydrogen-bond donors (Lipinski definition) is 2. The summed E-state index contributed by atoms with van der Waals surface area (Å²) >= 11 is 0. The van der Waals surface area contributed by atoms with Crippen molar-refractivity contribution in [2.45, 2.75) is 77.2 Å². The first-order valence-corrected chi connectivity index (χ1v) is 8.62. The molecule has 1 heterocycles. The summed E-state index contributed by atoms with van der Waals surface area (Å²) in [5.41, 5.74) is -0.316. The summed E-state index contributed by atoms with van der Waals surface area (Å²) < 4.78 is 0. The number of piperidine rings is 1. The van der Waals surface area contributed by atoms with Crippen LogP contribution in [0.15, 0.2) is 0 Å². The molecule has 0 aromatic rings. The molecule has 0 aromatic carbocycles. The van der Waals surface area contributed by atoms with Crippen LogP contribution in [0.3, 0.4) is 0 Å². The fourth-order valence-electron chi connectivity index (χ4n) is 3.59. The Bertz CT molecular complexity index is 294. The molecule has 0 aromatic heterocycles. The van der Waals surface area contributed by atoms with Crippen molar-refractivity contribution >= 4 is 18.4 Å². The van der Waals surface area contributed by atoms with E-state index in [1.807, 2.05) is 0 Å². The molecule has 1 aliphatic heterocycles. The van der Waals surface area contributed by atoms with Crippen molar-refractivity contribution in [3.63, 3.8) is 0 Å². The molecule has 2 fully saturated rings. The van der Waals surface area contributed by atoms with Crippen LogP contribution in [-0.4, -0.2) is 46.3 Å². The minimum atomic E-state index is -0.833. The van der Waals surface area contributed by atoms with Gasteiger partial charge in [0.2, 0.25) is 0 Å². The van der Waals surface area contributed by atoms with Crippen LogP contribution in [0, 0.1) is 5.92 Å². The first-order chi connectivity index (χ1) is 9.98. The Balaban J connectivity index is 0.000000791. The summed E-state index contributed by atoms with van der Waals surface area (Å²) in [6.45, 7) is 6.81. The highest BCUT2D eigenvalue weighted by Crippen LogP contribution is 2.38. The van der Waals surface area contributed by atoms with Crippen LogP contribution < -0.4 is 0 Å². The average Bonchev–Trinajstić information content (AvgIpc) is 2.47. The molecular formula is C17H34ClNO3. The molecule has 0 bridgehead atoms. The van der Waals surface area contributed by atoms with E-state index in [1.54, 1.807) is 0 Å². The second kappa shape index (κ2) is 11.3. The number of rotatable bonds is 4. The topological polar surface area (TPSA) is 60.8 Å². The van der Waals surface area contributed by atoms with Crippen molar-refractivity contribution < 1.29 is 15.0 Å². The number of aliphatic carboxylic acids is 1. The minimum Gasteiger partial charge on any atom is -0.481 e. The maximum atomic E-state index is 10.8. The van der Waals surface area contributed by atoms with Crippen LogP contribution in [0.2, 0.25) is 0 Å². The molecule has 4 nitrogen and oxygen atoms in total. The largest absolute Gasteiger partial charge is 0.481 e. The van der Waals surface area contributed by atoms with Crippen molar-refractivity contribution in [2.24, 2.45) is 5.92 Å². The Morgan fingerprint density at radius 2 is 1.68 bits per heavy atom. The Labute approximate surface area is 141 Å². The van der Waals surface area contributed by atoms with Crippen molar-refractivity contribution in [1.29, 1.82) is 0 Å². The zero-order valence-corrected chi connectivity index (χ0v) is 15.0. The maximum Gasteiger partial charge on any atom is 0.300 e. The van der Waals surface area contributed by atoms with Crippen molar-refractivity contribution in [1.82, 2.24) is 4.90 Å². The van der Waals surface area contributed by atoms with Crippen molar-refractivity contribution in [2.75, 3.05) is 19.6 Å². The van der Waals surface area contributed by atoms with E-state index in [9.17, 15) is 5.11 Å². The van der Waals surface area contributed by atoms with Crippen LogP contribution in [0.4, 0.5) is 0 Å². The van der Waals surface area contributed by atoms with Gasteiger partial charge in [-0.15, -0.1) is 12.4 Å². The molecule has 0 radical (unpaired) electrons. The first kappa shape index (κ1) is 21.7. The van der Waals surface area contributed by atoms with E-state index in [4.69, 9.17) is 9.90 Å². The lowest BCUT2D eigenvalue weighted by Crippen LogP contribution is -2.49. The summed E-state index contributed by atoms with van der Waals surface area (Å²) in [5, 5.41) is 18.2. The Morgan fingerprint density at radius 1 is 1.18 bits per heavy atom. The first-order valence-electron chi connectivity index (χ1n) is 8.62. The summed E-state index contributed by atoms with van der Waals surface area (Å²) in [5.74, 6) is -0.232. The van der Waals surface area contributed by atoms with Gasteiger partial charge in [-0.3, -0.25) is 4.79 Å². The standard InChI is InChI=1S/C15H29NO.C2H4O2.ClH/c1-2-3-11-16-12-9-15(17,10-13-16)14-7-5-4-6-8-14;1-2(3)4;/h14,17H,2-13H2,1H3;1H3,(H,3,4);1H. The van der Waals surface area contributed by atoms with E-state index < -0.39 is 5.97 Å². The molecule has 5 heteroatoms. The normalized spacial score (nSPS) is 22.1. The smallest absolute Gasteiger partial charge is 0.300 e. The maximum absolute atomic E-state index is 10.8. The molecule has 2 N–H and O–H groups in total. The van der Waals surface area contributed by atoms with Gasteiger partial charge in [0.05, 0.1) is 5.60 Å². The van der Waals surface area contributed by atoms with E-state index in [1.165, 1.54) is 51.5 Å². The number of hydrogen-bond acceptors (Lipinski definition) is 3. The van der Waals surface area contributed by atoms with Gasteiger partial charge in [-0.05, 0) is 44.6 Å². The van der Waals surface area contributed by atoms with Crippen LogP contribution in [0.25, 0.3) is 0 Å². The lowest BCUT2D eigenvalue weighted by Gasteiger charge is -2.44. The summed E-state index contributed by atoms with van der Waals surface area (Å²) in [6, 6.07) is 0. The highest BCUT2D eigenvalue weighted by atomic mass is 35.5. The highest BCUT2D eigenvalue weighted by molar-refractivity contribution is 5.85. The third kappa shape index (κ3) is 7.80. The average molecular weight is 336 g/mol. The highest BCUT2D eigenvalue weighted by Gasteiger charge is 2.39. The molecular weight excluding hydrogens is 302 g/mol. The zero-order chi connectivity index (χ0) is 15.7. The number of halogens is 1. The number of carboxylic acid groups (broad SMARTS) is 1. The number of carboxylic acids is 1. The van der Waals surface area contributed by atoms with E-state index in [2.05, 4.69) is 11.8 Å². The van der Waals surface area contributed by atoms with E-state index in [0.29, 0.717) is 5.92 Å². The molecule has 2 aliphatic rings. The quantitative estimate of drug-likeness (QED) is 0.822. The zero-order valence-electron chi connectivity index (χ0n) is 14.2. The number of nitrogens with zero attached hydrogens (tertiary/aromatic N) is 1. The summed E-state index contributed by atoms with van der Waals surface area (Å²) in [7, 11) is 0. The van der Waals surface area contributed by atoms with Crippen LogP contribution in [0.5, 0.6) is 0 Å². The molecule has 0 amide bonds. The Morgan fingerprint density at radius 3 is 2.14 bits per heavy atom. The van der Waals surface area contributed by atoms with Gasteiger partial charge in [0.15, 0.2) is 0 Å². The van der Waals surface area contributed by atoms with Gasteiger partial charge >= 0.3 is 0 Å². The van der Waals surface area contributed by atoms with E-state index in [0.717, 1.165) is 32.9 Å². The van der Waals surface area contributed by atoms with Gasteiger partial charge in [-0.1, -0.05) is 32.6 Å². The second-order valence-corrected chi connectivity index (χ2v) is 6.65. The molecule has 22 heavy (non-hydrogen) atoms. The number of unbranched alkanes of at least 4 members (excludes halogenated alkanes) is 1. The lowest BCUT2D eigenvalue weighted by atomic mass is 9.72. The van der Waals surface area contributed by atoms with Gasteiger partial charge < -0.3 is 15.1 Å². The van der Waals surface area contributed by atoms with E-state index in [-0.39, 0.29) is 18.0 Å². The predicted octanol–water partition coefficient (Wildman–Crippen LogP) is 3.71. The molecule has 1 saturated heterocycles. The van der Waals surface area contributed by atoms with Crippen LogP contribution >= 0.6 is 12.4 Å². The third-order valence-corrected chi connectivity index (χ3v) is 4.91. The minimum absolute atomic E-state index is 0. The third-order valence-electron chi connectivity index (χ3n) is 4.91. The molecule has 0 spiro atoms. The van der Waals surface area contributed by atoms with Gasteiger partial charge in [0, 0.05) is 20.0 Å². The lowest BCUT2D eigenvalue weighted by molar-refractivity contribution is -0.134. The summed E-state index contributed by atoms with van der Waals surface area (Å²) in [6.07, 6.45) is 11.2. The molecule has 1 saturated carbocycles. The fraction of sp³-hybridized carbons (Fsp3) is 0.941. The monoisotopic (exact) mass is 335 g/mol. The van der Waals surface area contributed by atoms with Crippen LogP contribution in [-0.2, 0) is 4.79 Å². The number of aliphatic hydroxyl groups is 1. The number of carbonyl (C=O) groups is 1. The Hall–Kier alpha value is -0.320. The summed E-state index contributed by atoms with van der Waals surface area (Å²) in [4.78, 5) is 11.5. The molecule has 1 aliphatic carbocycles. The van der Waals surface area contributed by atoms with Gasteiger partial charge in [-0.2, -0.15) is 0 Å². The van der Waals surface area contributed by atoms with Crippen molar-refractivity contribution in [3.8, 4) is 0 Å². The molecule has 2 rings (SSSR count). The molecule has 0 atom stereocenters. The molecule has 0 unspecified atom stereocenters. The van der Waals surface area contributed by atoms with Gasteiger partial charge in [-0.25, -0.2) is 0 Å². The second-order valence-electron chi connectivity index (χ2n) is 6.65. The van der Waals surface area contributed by atoms with Crippen LogP contribution in [0.1, 0.15) is 71.6 Å². The predicted molar refractivity (Wildman–Crippen MR) is 92.7 cm³/mol. The number of likely N-dealkylation sites (tertiary alicyclic amines) is 1. The molecule has 132 valence electrons. The van der Waals surface area contributed by atoms with Crippen molar-refractivity contribution in [3.05, 3.63) is 0 Å². The SMILES string of the molecule is CC(=O)O.CCCCN1CCC(O)(C2CCCCC2)CC1.Cl. The Kier molecular flexibility index (Phi) is 11.1. The van der Waals surface area contributed by atoms with E-state index >= 15 is 0 Å². The van der Waals surface area contributed by atoms with Gasteiger partial charge in [0.1, 0.15) is 0 Å².